The van der Waals surface area contributed by atoms with Gasteiger partial charge in [-0.05, 0) is 32.3 Å². The smallest absolute Gasteiger partial charge is 0.256 e. The fourth-order valence-electron chi connectivity index (χ4n) is 2.68. The van der Waals surface area contributed by atoms with Crippen molar-refractivity contribution < 1.29 is 14.3 Å². The first kappa shape index (κ1) is 17.2. The molecule has 0 saturated carbocycles. The lowest BCUT2D eigenvalue weighted by Gasteiger charge is -2.36. The highest BCUT2D eigenvalue weighted by Crippen LogP contribution is 2.20. The number of nitrogens with one attached hydrogen (secondary N) is 1. The lowest BCUT2D eigenvalue weighted by molar-refractivity contribution is -0.128. The molecule has 2 heterocycles. The van der Waals surface area contributed by atoms with Crippen molar-refractivity contribution in [1.29, 1.82) is 0 Å². The first-order valence-corrected chi connectivity index (χ1v) is 8.09. The van der Waals surface area contributed by atoms with E-state index in [1.165, 1.54) is 6.20 Å². The molecule has 1 aliphatic rings. The van der Waals surface area contributed by atoms with E-state index in [4.69, 9.17) is 4.74 Å². The SMILES string of the molecule is CC(C)CC1C(=O)NCCN1C(=O)c1cncc(OC(C)C)c1. The number of hydrogen-bond donors (Lipinski definition) is 1. The first-order chi connectivity index (χ1) is 10.9. The predicted molar refractivity (Wildman–Crippen MR) is 87.3 cm³/mol. The number of nitrogens with zero attached hydrogens (tertiary/aromatic N) is 2. The normalized spacial score (nSPS) is 18.3. The van der Waals surface area contributed by atoms with Crippen LogP contribution >= 0.6 is 0 Å². The second kappa shape index (κ2) is 7.44. The summed E-state index contributed by atoms with van der Waals surface area (Å²) in [6, 6.07) is 1.26. The highest BCUT2D eigenvalue weighted by atomic mass is 16.5. The molecule has 0 aliphatic carbocycles. The number of amides is 2. The van der Waals surface area contributed by atoms with E-state index in [-0.39, 0.29) is 17.9 Å². The third kappa shape index (κ3) is 4.43. The molecular weight excluding hydrogens is 294 g/mol. The lowest BCUT2D eigenvalue weighted by Crippen LogP contribution is -2.57. The van der Waals surface area contributed by atoms with Crippen LogP contribution in [0.25, 0.3) is 0 Å². The van der Waals surface area contributed by atoms with Crippen LogP contribution < -0.4 is 10.1 Å². The summed E-state index contributed by atoms with van der Waals surface area (Å²) in [6.45, 7) is 8.92. The maximum Gasteiger partial charge on any atom is 0.256 e. The van der Waals surface area contributed by atoms with Crippen molar-refractivity contribution in [2.45, 2.75) is 46.3 Å². The van der Waals surface area contributed by atoms with Gasteiger partial charge in [-0.1, -0.05) is 13.8 Å². The largest absolute Gasteiger partial charge is 0.489 e. The molecule has 0 spiro atoms. The molecule has 1 saturated heterocycles. The summed E-state index contributed by atoms with van der Waals surface area (Å²) < 4.78 is 5.59. The van der Waals surface area contributed by atoms with Crippen LogP contribution in [0.5, 0.6) is 5.75 Å². The van der Waals surface area contributed by atoms with E-state index < -0.39 is 6.04 Å². The zero-order chi connectivity index (χ0) is 17.0. The Morgan fingerprint density at radius 1 is 1.39 bits per heavy atom. The average Bonchev–Trinajstić information content (AvgIpc) is 2.48. The minimum absolute atomic E-state index is 0.0107. The minimum atomic E-state index is -0.425. The number of aromatic nitrogens is 1. The molecule has 126 valence electrons. The standard InChI is InChI=1S/C17H25N3O3/c1-11(2)7-15-16(21)19-5-6-20(15)17(22)13-8-14(10-18-9-13)23-12(3)4/h8-12,15H,5-7H2,1-4H3,(H,19,21). The van der Waals surface area contributed by atoms with Gasteiger partial charge in [0.15, 0.2) is 0 Å². The molecule has 2 rings (SSSR count). The number of carbonyl (C=O) groups excluding carboxylic acids is 2. The Morgan fingerprint density at radius 3 is 2.78 bits per heavy atom. The van der Waals surface area contributed by atoms with E-state index in [0.717, 1.165) is 0 Å². The molecule has 1 aromatic rings. The van der Waals surface area contributed by atoms with E-state index >= 15 is 0 Å². The second-order valence-corrected chi connectivity index (χ2v) is 6.51. The molecule has 1 atom stereocenters. The highest BCUT2D eigenvalue weighted by Gasteiger charge is 2.34. The molecule has 23 heavy (non-hydrogen) atoms. The molecular formula is C17H25N3O3. The molecule has 1 N–H and O–H groups in total. The Morgan fingerprint density at radius 2 is 2.13 bits per heavy atom. The third-order valence-corrected chi connectivity index (χ3v) is 3.62. The summed E-state index contributed by atoms with van der Waals surface area (Å²) in [5.41, 5.74) is 0.451. The Labute approximate surface area is 137 Å². The summed E-state index contributed by atoms with van der Waals surface area (Å²) >= 11 is 0. The van der Waals surface area contributed by atoms with Gasteiger partial charge in [-0.25, -0.2) is 0 Å². The van der Waals surface area contributed by atoms with Gasteiger partial charge in [0, 0.05) is 19.3 Å². The Kier molecular flexibility index (Phi) is 5.58. The van der Waals surface area contributed by atoms with Gasteiger partial charge < -0.3 is 15.0 Å². The van der Waals surface area contributed by atoms with E-state index in [1.54, 1.807) is 17.2 Å². The number of rotatable bonds is 5. The maximum absolute atomic E-state index is 12.8. The van der Waals surface area contributed by atoms with Crippen LogP contribution in [-0.4, -0.2) is 46.9 Å². The molecule has 1 aliphatic heterocycles. The lowest BCUT2D eigenvalue weighted by atomic mass is 9.99. The highest BCUT2D eigenvalue weighted by molar-refractivity contribution is 5.98. The van der Waals surface area contributed by atoms with Gasteiger partial charge >= 0.3 is 0 Å². The summed E-state index contributed by atoms with van der Waals surface area (Å²) in [6.07, 6.45) is 3.77. The Balaban J connectivity index is 2.21. The predicted octanol–water partition coefficient (Wildman–Crippen LogP) is 1.86. The van der Waals surface area contributed by atoms with E-state index in [0.29, 0.717) is 36.7 Å². The van der Waals surface area contributed by atoms with Crippen molar-refractivity contribution >= 4 is 11.8 Å². The molecule has 1 aromatic heterocycles. The zero-order valence-corrected chi connectivity index (χ0v) is 14.2. The fraction of sp³-hybridized carbons (Fsp3) is 0.588. The number of pyridine rings is 1. The average molecular weight is 319 g/mol. The molecule has 1 unspecified atom stereocenters. The van der Waals surface area contributed by atoms with Gasteiger partial charge in [-0.3, -0.25) is 14.6 Å². The van der Waals surface area contributed by atoms with Gasteiger partial charge in [-0.15, -0.1) is 0 Å². The van der Waals surface area contributed by atoms with Crippen molar-refractivity contribution in [2.24, 2.45) is 5.92 Å². The summed E-state index contributed by atoms with van der Waals surface area (Å²) in [5, 5.41) is 2.84. The summed E-state index contributed by atoms with van der Waals surface area (Å²) in [4.78, 5) is 30.7. The topological polar surface area (TPSA) is 71.5 Å². The van der Waals surface area contributed by atoms with E-state index in [9.17, 15) is 9.59 Å². The van der Waals surface area contributed by atoms with Crippen LogP contribution in [0, 0.1) is 5.92 Å². The summed E-state index contributed by atoms with van der Waals surface area (Å²) in [7, 11) is 0. The zero-order valence-electron chi connectivity index (χ0n) is 14.2. The maximum atomic E-state index is 12.8. The molecule has 6 nitrogen and oxygen atoms in total. The van der Waals surface area contributed by atoms with Crippen molar-refractivity contribution in [2.75, 3.05) is 13.1 Å². The Hall–Kier alpha value is -2.11. The van der Waals surface area contributed by atoms with Crippen LogP contribution in [0.1, 0.15) is 44.5 Å². The molecule has 2 amide bonds. The number of ether oxygens (including phenoxy) is 1. The fourth-order valence-corrected chi connectivity index (χ4v) is 2.68. The van der Waals surface area contributed by atoms with Gasteiger partial charge in [0.25, 0.3) is 5.91 Å². The van der Waals surface area contributed by atoms with Crippen molar-refractivity contribution in [3.63, 3.8) is 0 Å². The van der Waals surface area contributed by atoms with Gasteiger partial charge in [-0.2, -0.15) is 0 Å². The Bertz CT molecular complexity index is 572. The van der Waals surface area contributed by atoms with E-state index in [1.807, 2.05) is 27.7 Å². The van der Waals surface area contributed by atoms with Gasteiger partial charge in [0.1, 0.15) is 11.8 Å². The molecule has 0 bridgehead atoms. The van der Waals surface area contributed by atoms with Crippen molar-refractivity contribution in [3.8, 4) is 5.75 Å². The molecule has 1 fully saturated rings. The van der Waals surface area contributed by atoms with Crippen LogP contribution in [0.15, 0.2) is 18.5 Å². The van der Waals surface area contributed by atoms with Crippen molar-refractivity contribution in [1.82, 2.24) is 15.2 Å². The number of hydrogen-bond acceptors (Lipinski definition) is 4. The molecule has 6 heteroatoms. The second-order valence-electron chi connectivity index (χ2n) is 6.51. The third-order valence-electron chi connectivity index (χ3n) is 3.62. The van der Waals surface area contributed by atoms with Crippen LogP contribution in [0.4, 0.5) is 0 Å². The van der Waals surface area contributed by atoms with Crippen molar-refractivity contribution in [3.05, 3.63) is 24.0 Å². The van der Waals surface area contributed by atoms with Gasteiger partial charge in [0.05, 0.1) is 17.9 Å². The van der Waals surface area contributed by atoms with Gasteiger partial charge in [0.2, 0.25) is 5.91 Å². The first-order valence-electron chi connectivity index (χ1n) is 8.09. The van der Waals surface area contributed by atoms with Crippen LogP contribution in [0.2, 0.25) is 0 Å². The molecule has 0 aromatic carbocycles. The van der Waals surface area contributed by atoms with Crippen LogP contribution in [0.3, 0.4) is 0 Å². The minimum Gasteiger partial charge on any atom is -0.489 e. The quantitative estimate of drug-likeness (QED) is 0.899. The molecule has 0 radical (unpaired) electrons. The number of piperazine rings is 1. The monoisotopic (exact) mass is 319 g/mol. The van der Waals surface area contributed by atoms with E-state index in [2.05, 4.69) is 10.3 Å². The summed E-state index contributed by atoms with van der Waals surface area (Å²) in [5.74, 6) is 0.633. The number of carbonyl (C=O) groups is 2. The van der Waals surface area contributed by atoms with Crippen LogP contribution in [-0.2, 0) is 4.79 Å².